The maximum Gasteiger partial charge on any atom is 0.573 e. The van der Waals surface area contributed by atoms with Crippen molar-refractivity contribution >= 4 is 21.4 Å². The first-order chi connectivity index (χ1) is 16.6. The summed E-state index contributed by atoms with van der Waals surface area (Å²) in [6.45, 7) is 3.78. The molecule has 0 radical (unpaired) electrons. The van der Waals surface area contributed by atoms with Gasteiger partial charge in [0, 0.05) is 38.4 Å². The average Bonchev–Trinajstić information content (AvgIpc) is 3.25. The van der Waals surface area contributed by atoms with Crippen LogP contribution in [0.1, 0.15) is 0 Å². The number of morpholine rings is 1. The highest BCUT2D eigenvalue weighted by atomic mass is 32.2. The van der Waals surface area contributed by atoms with E-state index in [0.717, 1.165) is 24.3 Å². The van der Waals surface area contributed by atoms with E-state index in [1.165, 1.54) is 10.4 Å². The highest BCUT2D eigenvalue weighted by Gasteiger charge is 2.57. The van der Waals surface area contributed by atoms with Gasteiger partial charge >= 0.3 is 6.36 Å². The molecule has 0 spiro atoms. The summed E-state index contributed by atoms with van der Waals surface area (Å²) in [6, 6.07) is 9.31. The zero-order valence-corrected chi connectivity index (χ0v) is 19.5. The highest BCUT2D eigenvalue weighted by molar-refractivity contribution is 7.89. The quantitative estimate of drug-likeness (QED) is 0.569. The lowest BCUT2D eigenvalue weighted by atomic mass is 10.2. The molecule has 190 valence electrons. The molecular formula is C23H25F4N3O4S. The Hall–Kier alpha value is -2.57. The Kier molecular flexibility index (Phi) is 6.30. The Balaban J connectivity index is 1.13. The summed E-state index contributed by atoms with van der Waals surface area (Å²) in [6.07, 6.45) is -4.84. The van der Waals surface area contributed by atoms with E-state index in [-0.39, 0.29) is 28.5 Å². The zero-order valence-electron chi connectivity index (χ0n) is 18.7. The molecule has 1 saturated carbocycles. The molecule has 35 heavy (non-hydrogen) atoms. The van der Waals surface area contributed by atoms with Crippen LogP contribution in [0.4, 0.5) is 28.9 Å². The third-order valence-corrected chi connectivity index (χ3v) is 8.72. The number of anilines is 2. The fraction of sp³-hybridized carbons (Fsp3) is 0.478. The molecular weight excluding hydrogens is 490 g/mol. The van der Waals surface area contributed by atoms with Crippen LogP contribution >= 0.6 is 0 Å². The van der Waals surface area contributed by atoms with Crippen molar-refractivity contribution in [3.8, 4) is 5.75 Å². The van der Waals surface area contributed by atoms with Gasteiger partial charge in [0.25, 0.3) is 0 Å². The molecule has 2 unspecified atom stereocenters. The summed E-state index contributed by atoms with van der Waals surface area (Å²) in [7, 11) is -3.80. The van der Waals surface area contributed by atoms with Crippen LogP contribution < -0.4 is 15.0 Å². The minimum Gasteiger partial charge on any atom is -0.406 e. The van der Waals surface area contributed by atoms with E-state index in [4.69, 9.17) is 4.74 Å². The minimum absolute atomic E-state index is 0.0705. The Morgan fingerprint density at radius 2 is 1.69 bits per heavy atom. The fourth-order valence-corrected chi connectivity index (χ4v) is 6.50. The van der Waals surface area contributed by atoms with Crippen LogP contribution in [0.15, 0.2) is 47.4 Å². The van der Waals surface area contributed by atoms with Crippen molar-refractivity contribution in [1.82, 2.24) is 4.31 Å². The van der Waals surface area contributed by atoms with E-state index in [2.05, 4.69) is 10.1 Å². The highest BCUT2D eigenvalue weighted by Crippen LogP contribution is 2.52. The van der Waals surface area contributed by atoms with Gasteiger partial charge in [-0.3, -0.25) is 0 Å². The number of rotatable bonds is 7. The fourth-order valence-electron chi connectivity index (χ4n) is 4.99. The number of nitrogens with zero attached hydrogens (tertiary/aromatic N) is 2. The molecule has 1 aliphatic carbocycles. The number of sulfonamides is 1. The minimum atomic E-state index is -4.84. The molecule has 5 rings (SSSR count). The lowest BCUT2D eigenvalue weighted by Crippen LogP contribution is -2.36. The van der Waals surface area contributed by atoms with Crippen molar-refractivity contribution in [1.29, 1.82) is 0 Å². The normalized spacial score (nSPS) is 24.8. The number of hydrogen-bond acceptors (Lipinski definition) is 6. The molecule has 2 saturated heterocycles. The van der Waals surface area contributed by atoms with E-state index in [1.54, 1.807) is 6.07 Å². The molecule has 2 atom stereocenters. The van der Waals surface area contributed by atoms with Gasteiger partial charge in [-0.1, -0.05) is 0 Å². The number of fused-ring (bicyclic) bond motifs is 1. The largest absolute Gasteiger partial charge is 0.573 e. The van der Waals surface area contributed by atoms with E-state index in [0.29, 0.717) is 57.3 Å². The summed E-state index contributed by atoms with van der Waals surface area (Å²) >= 11 is 0. The summed E-state index contributed by atoms with van der Waals surface area (Å²) < 4.78 is 87.8. The molecule has 1 N–H and O–H groups in total. The van der Waals surface area contributed by atoms with Gasteiger partial charge in [-0.2, -0.15) is 4.31 Å². The van der Waals surface area contributed by atoms with E-state index >= 15 is 0 Å². The average molecular weight is 516 g/mol. The number of ether oxygens (including phenoxy) is 2. The van der Waals surface area contributed by atoms with Crippen LogP contribution in [-0.2, 0) is 14.8 Å². The SMILES string of the molecule is O=S(=O)(c1ccc(OC(F)(F)F)cc1)N1CC2C(CNc3ccc(N4CCOCC4)c(F)c3)C2C1. The van der Waals surface area contributed by atoms with Gasteiger partial charge in [-0.05, 0) is 60.2 Å². The zero-order chi connectivity index (χ0) is 24.8. The first kappa shape index (κ1) is 24.1. The monoisotopic (exact) mass is 515 g/mol. The third kappa shape index (κ3) is 5.19. The van der Waals surface area contributed by atoms with Crippen LogP contribution in [0.25, 0.3) is 0 Å². The molecule has 0 amide bonds. The molecule has 7 nitrogen and oxygen atoms in total. The third-order valence-electron chi connectivity index (χ3n) is 6.87. The molecule has 12 heteroatoms. The summed E-state index contributed by atoms with van der Waals surface area (Å²) in [4.78, 5) is 1.89. The molecule has 2 heterocycles. The number of hydrogen-bond donors (Lipinski definition) is 1. The van der Waals surface area contributed by atoms with Crippen molar-refractivity contribution in [2.45, 2.75) is 11.3 Å². The van der Waals surface area contributed by atoms with Crippen LogP contribution in [-0.4, -0.2) is 65.0 Å². The van der Waals surface area contributed by atoms with Gasteiger partial charge in [-0.15, -0.1) is 13.2 Å². The van der Waals surface area contributed by atoms with Gasteiger partial charge in [0.05, 0.1) is 23.8 Å². The van der Waals surface area contributed by atoms with Crippen LogP contribution in [0.3, 0.4) is 0 Å². The lowest BCUT2D eigenvalue weighted by Gasteiger charge is -2.29. The summed E-state index contributed by atoms with van der Waals surface area (Å²) in [5, 5.41) is 3.26. The topological polar surface area (TPSA) is 71.1 Å². The second-order valence-electron chi connectivity index (χ2n) is 8.98. The van der Waals surface area contributed by atoms with Crippen LogP contribution in [0.5, 0.6) is 5.75 Å². The van der Waals surface area contributed by atoms with Crippen molar-refractivity contribution < 1.29 is 35.5 Å². The Morgan fingerprint density at radius 3 is 2.29 bits per heavy atom. The van der Waals surface area contributed by atoms with E-state index < -0.39 is 22.1 Å². The Labute approximate surface area is 200 Å². The second-order valence-corrected chi connectivity index (χ2v) is 10.9. The van der Waals surface area contributed by atoms with Crippen molar-refractivity contribution in [2.24, 2.45) is 17.8 Å². The Bertz CT molecular complexity index is 1160. The predicted molar refractivity (Wildman–Crippen MR) is 120 cm³/mol. The summed E-state index contributed by atoms with van der Waals surface area (Å²) in [5.41, 5.74) is 1.23. The number of piperidine rings is 1. The van der Waals surface area contributed by atoms with Crippen LogP contribution in [0, 0.1) is 23.6 Å². The van der Waals surface area contributed by atoms with E-state index in [9.17, 15) is 26.0 Å². The molecule has 0 aromatic heterocycles. The second kappa shape index (κ2) is 9.14. The number of halogens is 4. The van der Waals surface area contributed by atoms with Gasteiger partial charge in [0.1, 0.15) is 11.6 Å². The van der Waals surface area contributed by atoms with Crippen LogP contribution in [0.2, 0.25) is 0 Å². The molecule has 2 aromatic carbocycles. The first-order valence-corrected chi connectivity index (χ1v) is 12.8. The standard InChI is InChI=1S/C23H25F4N3O4S/c24-21-11-15(1-6-22(21)29-7-9-33-10-8-29)28-12-18-19-13-30(14-20(18)19)35(31,32)17-4-2-16(3-5-17)34-23(25,26)27/h1-6,11,18-20,28H,7-10,12-14H2. The molecule has 0 bridgehead atoms. The number of alkyl halides is 3. The van der Waals surface area contributed by atoms with Crippen molar-refractivity contribution in [3.05, 3.63) is 48.3 Å². The maximum absolute atomic E-state index is 14.6. The maximum atomic E-state index is 14.6. The smallest absolute Gasteiger partial charge is 0.406 e. The molecule has 2 aromatic rings. The summed E-state index contributed by atoms with van der Waals surface area (Å²) in [5.74, 6) is -0.0887. The van der Waals surface area contributed by atoms with Crippen molar-refractivity contribution in [2.75, 3.05) is 56.2 Å². The number of nitrogens with one attached hydrogen (secondary N) is 1. The molecule has 3 aliphatic rings. The van der Waals surface area contributed by atoms with Gasteiger partial charge in [-0.25, -0.2) is 12.8 Å². The Morgan fingerprint density at radius 1 is 1.03 bits per heavy atom. The van der Waals surface area contributed by atoms with E-state index in [1.807, 2.05) is 11.0 Å². The van der Waals surface area contributed by atoms with Gasteiger partial charge < -0.3 is 19.7 Å². The predicted octanol–water partition coefficient (Wildman–Crippen LogP) is 3.54. The lowest BCUT2D eigenvalue weighted by molar-refractivity contribution is -0.274. The van der Waals surface area contributed by atoms with Gasteiger partial charge in [0.15, 0.2) is 0 Å². The molecule has 3 fully saturated rings. The number of benzene rings is 2. The first-order valence-electron chi connectivity index (χ1n) is 11.3. The van der Waals surface area contributed by atoms with Gasteiger partial charge in [0.2, 0.25) is 10.0 Å². The molecule has 2 aliphatic heterocycles. The van der Waals surface area contributed by atoms with Crippen molar-refractivity contribution in [3.63, 3.8) is 0 Å².